The maximum atomic E-state index is 10.6. The summed E-state index contributed by atoms with van der Waals surface area (Å²) in [5, 5.41) is 14.0. The minimum atomic E-state index is 0.0112. The molecule has 0 aliphatic heterocycles. The lowest BCUT2D eigenvalue weighted by Crippen LogP contribution is -2.27. The van der Waals surface area contributed by atoms with E-state index in [0.717, 1.165) is 18.7 Å². The molecule has 3 nitrogen and oxygen atoms in total. The maximum absolute atomic E-state index is 10.6. The number of rotatable bonds is 5. The molecule has 0 aliphatic carbocycles. The molecule has 126 valence electrons. The minimum Gasteiger partial charge on any atom is -0.508 e. The predicted molar refractivity (Wildman–Crippen MR) is 95.8 cm³/mol. The molecule has 0 fully saturated rings. The first-order valence-corrected chi connectivity index (χ1v) is 8.15. The maximum Gasteiger partial charge on any atom is 0.120 e. The van der Waals surface area contributed by atoms with Crippen molar-refractivity contribution in [2.75, 3.05) is 27.2 Å². The van der Waals surface area contributed by atoms with Crippen LogP contribution in [0.15, 0.2) is 12.1 Å². The van der Waals surface area contributed by atoms with Gasteiger partial charge in [0.2, 0.25) is 0 Å². The third-order valence-electron chi connectivity index (χ3n) is 3.94. The van der Waals surface area contributed by atoms with Crippen molar-refractivity contribution in [2.24, 2.45) is 0 Å². The molecule has 0 atom stereocenters. The van der Waals surface area contributed by atoms with Crippen molar-refractivity contribution in [1.82, 2.24) is 10.2 Å². The average Bonchev–Trinajstić information content (AvgIpc) is 2.32. The Morgan fingerprint density at radius 2 is 1.59 bits per heavy atom. The number of nitrogens with zero attached hydrogens (tertiary/aromatic N) is 1. The van der Waals surface area contributed by atoms with E-state index in [1.807, 2.05) is 6.07 Å². The van der Waals surface area contributed by atoms with E-state index in [1.54, 1.807) is 0 Å². The molecule has 1 rings (SSSR count). The molecule has 0 radical (unpaired) electrons. The van der Waals surface area contributed by atoms with E-state index in [2.05, 4.69) is 71.9 Å². The topological polar surface area (TPSA) is 35.5 Å². The van der Waals surface area contributed by atoms with E-state index in [-0.39, 0.29) is 10.8 Å². The molecule has 22 heavy (non-hydrogen) atoms. The summed E-state index contributed by atoms with van der Waals surface area (Å²) < 4.78 is 0. The SMILES string of the molecule is CN(C)CCNCc1c(O)cc(C(C)(C)C)cc1C(C)(C)C. The lowest BCUT2D eigenvalue weighted by Gasteiger charge is -2.28. The van der Waals surface area contributed by atoms with Crippen LogP contribution in [0.3, 0.4) is 0 Å². The Bertz CT molecular complexity index is 493. The molecule has 1 aromatic rings. The van der Waals surface area contributed by atoms with Gasteiger partial charge < -0.3 is 15.3 Å². The first-order chi connectivity index (χ1) is 9.93. The van der Waals surface area contributed by atoms with Crippen LogP contribution in [-0.2, 0) is 17.4 Å². The van der Waals surface area contributed by atoms with E-state index < -0.39 is 0 Å². The van der Waals surface area contributed by atoms with Crippen molar-refractivity contribution in [3.05, 3.63) is 28.8 Å². The van der Waals surface area contributed by atoms with Crippen LogP contribution in [-0.4, -0.2) is 37.2 Å². The van der Waals surface area contributed by atoms with Crippen molar-refractivity contribution in [1.29, 1.82) is 0 Å². The van der Waals surface area contributed by atoms with Crippen LogP contribution in [0.1, 0.15) is 58.2 Å². The molecule has 0 heterocycles. The van der Waals surface area contributed by atoms with Crippen molar-refractivity contribution in [2.45, 2.75) is 58.9 Å². The summed E-state index contributed by atoms with van der Waals surface area (Å²) in [6, 6.07) is 4.20. The smallest absolute Gasteiger partial charge is 0.120 e. The number of benzene rings is 1. The standard InChI is InChI=1S/C19H34N2O/c1-18(2,3)14-11-16(19(4,5)6)15(17(22)12-14)13-20-9-10-21(7)8/h11-12,20,22H,9-10,13H2,1-8H3. The first-order valence-electron chi connectivity index (χ1n) is 8.15. The molecule has 0 bridgehead atoms. The molecule has 2 N–H and O–H groups in total. The van der Waals surface area contributed by atoms with Crippen LogP contribution in [0.5, 0.6) is 5.75 Å². The highest BCUT2D eigenvalue weighted by Gasteiger charge is 2.24. The van der Waals surface area contributed by atoms with Crippen molar-refractivity contribution >= 4 is 0 Å². The number of phenols is 1. The Hall–Kier alpha value is -1.06. The largest absolute Gasteiger partial charge is 0.508 e. The van der Waals surface area contributed by atoms with Gasteiger partial charge in [0.05, 0.1) is 0 Å². The quantitative estimate of drug-likeness (QED) is 0.815. The van der Waals surface area contributed by atoms with Crippen LogP contribution < -0.4 is 5.32 Å². The molecule has 0 amide bonds. The van der Waals surface area contributed by atoms with Gasteiger partial charge in [0, 0.05) is 25.2 Å². The van der Waals surface area contributed by atoms with Crippen LogP contribution in [0, 0.1) is 0 Å². The summed E-state index contributed by atoms with van der Waals surface area (Å²) in [5.74, 6) is 0.412. The second-order valence-electron chi connectivity index (χ2n) is 8.50. The third-order valence-corrected chi connectivity index (χ3v) is 3.94. The lowest BCUT2D eigenvalue weighted by atomic mass is 9.78. The van der Waals surface area contributed by atoms with Gasteiger partial charge in [0.1, 0.15) is 5.75 Å². The van der Waals surface area contributed by atoms with Gasteiger partial charge >= 0.3 is 0 Å². The molecule has 1 aromatic carbocycles. The van der Waals surface area contributed by atoms with Crippen molar-refractivity contribution < 1.29 is 5.11 Å². The number of hydrogen-bond donors (Lipinski definition) is 2. The highest BCUT2D eigenvalue weighted by Crippen LogP contribution is 2.36. The normalized spacial score (nSPS) is 13.0. The monoisotopic (exact) mass is 306 g/mol. The van der Waals surface area contributed by atoms with Gasteiger partial charge in [-0.2, -0.15) is 0 Å². The Morgan fingerprint density at radius 3 is 2.05 bits per heavy atom. The van der Waals surface area contributed by atoms with Crippen molar-refractivity contribution in [3.8, 4) is 5.75 Å². The minimum absolute atomic E-state index is 0.0112. The molecule has 0 aromatic heterocycles. The predicted octanol–water partition coefficient (Wildman–Crippen LogP) is 3.64. The second-order valence-corrected chi connectivity index (χ2v) is 8.50. The lowest BCUT2D eigenvalue weighted by molar-refractivity contribution is 0.396. The van der Waals surface area contributed by atoms with Gasteiger partial charge in [-0.1, -0.05) is 47.6 Å². The first kappa shape index (κ1) is 19.0. The molecule has 3 heteroatoms. The van der Waals surface area contributed by atoms with Crippen LogP contribution in [0.4, 0.5) is 0 Å². The fourth-order valence-electron chi connectivity index (χ4n) is 2.46. The molecule has 0 saturated carbocycles. The highest BCUT2D eigenvalue weighted by atomic mass is 16.3. The number of hydrogen-bond acceptors (Lipinski definition) is 3. The zero-order valence-corrected chi connectivity index (χ0v) is 15.7. The summed E-state index contributed by atoms with van der Waals surface area (Å²) in [5.41, 5.74) is 3.49. The van der Waals surface area contributed by atoms with E-state index in [9.17, 15) is 5.11 Å². The molecule has 0 spiro atoms. The highest BCUT2D eigenvalue weighted by molar-refractivity contribution is 5.47. The van der Waals surface area contributed by atoms with Crippen LogP contribution in [0.2, 0.25) is 0 Å². The molecular formula is C19H34N2O. The Kier molecular flexibility index (Phi) is 6.05. The van der Waals surface area contributed by atoms with Crippen LogP contribution in [0.25, 0.3) is 0 Å². The van der Waals surface area contributed by atoms with Gasteiger partial charge in [0.25, 0.3) is 0 Å². The Labute approximate surface area is 136 Å². The summed E-state index contributed by atoms with van der Waals surface area (Å²) >= 11 is 0. The Morgan fingerprint density at radius 1 is 1.00 bits per heavy atom. The second kappa shape index (κ2) is 7.01. The molecule has 0 unspecified atom stereocenters. The summed E-state index contributed by atoms with van der Waals surface area (Å²) in [7, 11) is 4.13. The Balaban J connectivity index is 3.10. The van der Waals surface area contributed by atoms with Crippen LogP contribution >= 0.6 is 0 Å². The fraction of sp³-hybridized carbons (Fsp3) is 0.684. The third kappa shape index (κ3) is 5.29. The number of aromatic hydroxyl groups is 1. The number of nitrogens with one attached hydrogen (secondary N) is 1. The van der Waals surface area contributed by atoms with Gasteiger partial charge in [-0.05, 0) is 42.1 Å². The van der Waals surface area contributed by atoms with E-state index >= 15 is 0 Å². The molecule has 0 aliphatic rings. The number of likely N-dealkylation sites (N-methyl/N-ethyl adjacent to an activating group) is 1. The average molecular weight is 306 g/mol. The van der Waals surface area contributed by atoms with E-state index in [4.69, 9.17) is 0 Å². The number of phenolic OH excluding ortho intramolecular Hbond substituents is 1. The zero-order chi connectivity index (χ0) is 17.1. The van der Waals surface area contributed by atoms with Gasteiger partial charge in [0.15, 0.2) is 0 Å². The van der Waals surface area contributed by atoms with Gasteiger partial charge in [-0.15, -0.1) is 0 Å². The van der Waals surface area contributed by atoms with Crippen molar-refractivity contribution in [3.63, 3.8) is 0 Å². The van der Waals surface area contributed by atoms with E-state index in [1.165, 1.54) is 11.1 Å². The zero-order valence-electron chi connectivity index (χ0n) is 15.7. The van der Waals surface area contributed by atoms with E-state index in [0.29, 0.717) is 12.3 Å². The van der Waals surface area contributed by atoms with Gasteiger partial charge in [-0.25, -0.2) is 0 Å². The summed E-state index contributed by atoms with van der Waals surface area (Å²) in [6.45, 7) is 15.8. The fourth-order valence-corrected chi connectivity index (χ4v) is 2.46. The van der Waals surface area contributed by atoms with Gasteiger partial charge in [-0.3, -0.25) is 0 Å². The molecular weight excluding hydrogens is 272 g/mol. The summed E-state index contributed by atoms with van der Waals surface area (Å²) in [6.07, 6.45) is 0. The molecule has 0 saturated heterocycles. The summed E-state index contributed by atoms with van der Waals surface area (Å²) in [4.78, 5) is 2.15.